The molecular formula is C14H18Cl2O. The zero-order valence-electron chi connectivity index (χ0n) is 10.5. The largest absolute Gasteiger partial charge is 0.378 e. The van der Waals surface area contributed by atoms with E-state index in [1.807, 2.05) is 13.0 Å². The third-order valence-electron chi connectivity index (χ3n) is 3.66. The molecule has 3 unspecified atom stereocenters. The van der Waals surface area contributed by atoms with E-state index in [0.29, 0.717) is 5.92 Å². The number of hydrogen-bond donors (Lipinski definition) is 0. The summed E-state index contributed by atoms with van der Waals surface area (Å²) in [4.78, 5) is 0. The molecule has 1 nitrogen and oxygen atoms in total. The fourth-order valence-electron chi connectivity index (χ4n) is 2.46. The molecule has 3 heteroatoms. The van der Waals surface area contributed by atoms with Crippen LogP contribution in [-0.2, 0) is 4.74 Å². The van der Waals surface area contributed by atoms with E-state index in [1.54, 1.807) is 0 Å². The van der Waals surface area contributed by atoms with Crippen LogP contribution in [0.3, 0.4) is 0 Å². The summed E-state index contributed by atoms with van der Waals surface area (Å²) < 4.78 is 5.59. The summed E-state index contributed by atoms with van der Waals surface area (Å²) in [5.74, 6) is 0.399. The van der Waals surface area contributed by atoms with Gasteiger partial charge in [-0.3, -0.25) is 0 Å². The normalized spacial score (nSPS) is 26.2. The van der Waals surface area contributed by atoms with Gasteiger partial charge in [-0.2, -0.15) is 0 Å². The molecule has 1 aliphatic heterocycles. The molecule has 0 aromatic heterocycles. The Kier molecular flexibility index (Phi) is 4.02. The molecule has 0 radical (unpaired) electrons. The summed E-state index contributed by atoms with van der Waals surface area (Å²) in [6, 6.07) is 4.11. The molecular weight excluding hydrogens is 255 g/mol. The van der Waals surface area contributed by atoms with Gasteiger partial charge in [0.25, 0.3) is 0 Å². The quantitative estimate of drug-likeness (QED) is 0.712. The van der Waals surface area contributed by atoms with Crippen LogP contribution in [0, 0.1) is 19.8 Å². The first-order valence-electron chi connectivity index (χ1n) is 6.03. The third-order valence-corrected chi connectivity index (χ3v) is 4.62. The van der Waals surface area contributed by atoms with Crippen LogP contribution in [0.2, 0.25) is 5.02 Å². The van der Waals surface area contributed by atoms with E-state index in [2.05, 4.69) is 19.9 Å². The average molecular weight is 273 g/mol. The van der Waals surface area contributed by atoms with Gasteiger partial charge in [0.15, 0.2) is 0 Å². The van der Waals surface area contributed by atoms with Gasteiger partial charge in [0, 0.05) is 17.5 Å². The van der Waals surface area contributed by atoms with E-state index in [9.17, 15) is 0 Å². The van der Waals surface area contributed by atoms with Crippen LogP contribution < -0.4 is 0 Å². The van der Waals surface area contributed by atoms with Crippen LogP contribution in [0.25, 0.3) is 0 Å². The Hall–Kier alpha value is -0.240. The number of rotatable bonds is 2. The molecule has 1 saturated heterocycles. The minimum atomic E-state index is 0.0171. The molecule has 0 saturated carbocycles. The number of ether oxygens (including phenoxy) is 1. The van der Waals surface area contributed by atoms with Crippen molar-refractivity contribution in [3.8, 4) is 0 Å². The molecule has 0 spiro atoms. The van der Waals surface area contributed by atoms with Gasteiger partial charge in [0.05, 0.1) is 11.5 Å². The lowest BCUT2D eigenvalue weighted by Crippen LogP contribution is -2.17. The number of benzene rings is 1. The molecule has 1 aromatic carbocycles. The van der Waals surface area contributed by atoms with Crippen LogP contribution in [0.15, 0.2) is 12.1 Å². The van der Waals surface area contributed by atoms with Crippen molar-refractivity contribution in [2.24, 2.45) is 5.92 Å². The summed E-state index contributed by atoms with van der Waals surface area (Å²) in [5.41, 5.74) is 3.44. The maximum Gasteiger partial charge on any atom is 0.0641 e. The SMILES string of the molecule is Cc1cc(C(Cl)C2CCOC2C)c(C)cc1Cl. The van der Waals surface area contributed by atoms with Gasteiger partial charge in [-0.25, -0.2) is 0 Å². The molecule has 1 aromatic rings. The van der Waals surface area contributed by atoms with Crippen LogP contribution in [0.1, 0.15) is 35.4 Å². The Bertz CT molecular complexity index is 417. The average Bonchev–Trinajstić information content (AvgIpc) is 2.69. The third kappa shape index (κ3) is 2.62. The standard InChI is InChI=1S/C14H18Cl2O/c1-8-7-13(15)9(2)6-12(8)14(16)11-4-5-17-10(11)3/h6-7,10-11,14H,4-5H2,1-3H3. The first-order valence-corrected chi connectivity index (χ1v) is 6.84. The minimum Gasteiger partial charge on any atom is -0.378 e. The van der Waals surface area contributed by atoms with Gasteiger partial charge in [-0.15, -0.1) is 11.6 Å². The van der Waals surface area contributed by atoms with Gasteiger partial charge in [-0.05, 0) is 49.9 Å². The molecule has 0 aliphatic carbocycles. The second kappa shape index (κ2) is 5.17. The highest BCUT2D eigenvalue weighted by molar-refractivity contribution is 6.31. The molecule has 2 rings (SSSR count). The Morgan fingerprint density at radius 1 is 1.29 bits per heavy atom. The second-order valence-corrected chi connectivity index (χ2v) is 5.77. The van der Waals surface area contributed by atoms with Crippen molar-refractivity contribution in [2.45, 2.75) is 38.7 Å². The van der Waals surface area contributed by atoms with Crippen molar-refractivity contribution >= 4 is 23.2 Å². The molecule has 3 atom stereocenters. The molecule has 0 N–H and O–H groups in total. The lowest BCUT2D eigenvalue weighted by molar-refractivity contribution is 0.105. The molecule has 1 fully saturated rings. The number of halogens is 2. The van der Waals surface area contributed by atoms with Crippen molar-refractivity contribution in [3.05, 3.63) is 33.8 Å². The lowest BCUT2D eigenvalue weighted by Gasteiger charge is -2.22. The fourth-order valence-corrected chi connectivity index (χ4v) is 3.25. The summed E-state index contributed by atoms with van der Waals surface area (Å²) in [6.07, 6.45) is 1.28. The number of aryl methyl sites for hydroxylation is 2. The van der Waals surface area contributed by atoms with Crippen LogP contribution in [-0.4, -0.2) is 12.7 Å². The zero-order chi connectivity index (χ0) is 12.6. The van der Waals surface area contributed by atoms with Crippen LogP contribution in [0.4, 0.5) is 0 Å². The van der Waals surface area contributed by atoms with E-state index in [-0.39, 0.29) is 11.5 Å². The van der Waals surface area contributed by atoms with Crippen molar-refractivity contribution in [2.75, 3.05) is 6.61 Å². The highest BCUT2D eigenvalue weighted by atomic mass is 35.5. The fraction of sp³-hybridized carbons (Fsp3) is 0.571. The van der Waals surface area contributed by atoms with Gasteiger partial charge in [-0.1, -0.05) is 17.7 Å². The highest BCUT2D eigenvalue weighted by Gasteiger charge is 2.32. The van der Waals surface area contributed by atoms with Crippen molar-refractivity contribution in [1.82, 2.24) is 0 Å². The van der Waals surface area contributed by atoms with Crippen LogP contribution >= 0.6 is 23.2 Å². The summed E-state index contributed by atoms with van der Waals surface area (Å²) in [5, 5.41) is 0.828. The Labute approximate surface area is 113 Å². The maximum atomic E-state index is 6.61. The topological polar surface area (TPSA) is 9.23 Å². The molecule has 94 valence electrons. The van der Waals surface area contributed by atoms with Gasteiger partial charge < -0.3 is 4.74 Å². The predicted octanol–water partition coefficient (Wildman–Crippen LogP) is 4.66. The summed E-state index contributed by atoms with van der Waals surface area (Å²) >= 11 is 12.7. The van der Waals surface area contributed by atoms with E-state index < -0.39 is 0 Å². The summed E-state index contributed by atoms with van der Waals surface area (Å²) in [6.45, 7) is 7.01. The predicted molar refractivity (Wildman–Crippen MR) is 73.0 cm³/mol. The first kappa shape index (κ1) is 13.2. The highest BCUT2D eigenvalue weighted by Crippen LogP contribution is 2.40. The van der Waals surface area contributed by atoms with Crippen LogP contribution in [0.5, 0.6) is 0 Å². The van der Waals surface area contributed by atoms with Gasteiger partial charge in [0.2, 0.25) is 0 Å². The number of hydrogen-bond acceptors (Lipinski definition) is 1. The van der Waals surface area contributed by atoms with E-state index in [0.717, 1.165) is 23.6 Å². The van der Waals surface area contributed by atoms with E-state index in [4.69, 9.17) is 27.9 Å². The van der Waals surface area contributed by atoms with Crippen molar-refractivity contribution in [1.29, 1.82) is 0 Å². The second-order valence-electron chi connectivity index (χ2n) is 4.89. The maximum absolute atomic E-state index is 6.61. The molecule has 0 bridgehead atoms. The summed E-state index contributed by atoms with van der Waals surface area (Å²) in [7, 11) is 0. The van der Waals surface area contributed by atoms with Crippen molar-refractivity contribution < 1.29 is 4.74 Å². The first-order chi connectivity index (χ1) is 8.00. The van der Waals surface area contributed by atoms with E-state index >= 15 is 0 Å². The Balaban J connectivity index is 2.30. The lowest BCUT2D eigenvalue weighted by atomic mass is 9.90. The Morgan fingerprint density at radius 2 is 2.00 bits per heavy atom. The van der Waals surface area contributed by atoms with Gasteiger partial charge >= 0.3 is 0 Å². The minimum absolute atomic E-state index is 0.0171. The Morgan fingerprint density at radius 3 is 2.59 bits per heavy atom. The zero-order valence-corrected chi connectivity index (χ0v) is 12.0. The van der Waals surface area contributed by atoms with Crippen molar-refractivity contribution in [3.63, 3.8) is 0 Å². The van der Waals surface area contributed by atoms with Gasteiger partial charge in [0.1, 0.15) is 0 Å². The molecule has 1 heterocycles. The van der Waals surface area contributed by atoms with E-state index in [1.165, 1.54) is 11.1 Å². The molecule has 1 aliphatic rings. The molecule has 0 amide bonds. The smallest absolute Gasteiger partial charge is 0.0641 e. The monoisotopic (exact) mass is 272 g/mol. The number of alkyl halides is 1. The molecule has 17 heavy (non-hydrogen) atoms.